The number of hydrogen-bond donors (Lipinski definition) is 0. The Morgan fingerprint density at radius 3 is 2.32 bits per heavy atom. The highest BCUT2D eigenvalue weighted by Crippen LogP contribution is 2.35. The minimum atomic E-state index is -4.44. The van der Waals surface area contributed by atoms with Crippen molar-refractivity contribution in [2.24, 2.45) is 5.92 Å². The molecule has 0 spiro atoms. The van der Waals surface area contributed by atoms with Crippen molar-refractivity contribution in [3.63, 3.8) is 0 Å². The van der Waals surface area contributed by atoms with Crippen molar-refractivity contribution in [1.29, 1.82) is 0 Å². The van der Waals surface area contributed by atoms with E-state index in [0.29, 0.717) is 44.6 Å². The summed E-state index contributed by atoms with van der Waals surface area (Å²) in [7, 11) is -3.08. The Morgan fingerprint density at radius 1 is 1.06 bits per heavy atom. The Hall–Kier alpha value is -2.47. The van der Waals surface area contributed by atoms with Crippen LogP contribution in [0.2, 0.25) is 0 Å². The second-order valence-electron chi connectivity index (χ2n) is 8.76. The summed E-state index contributed by atoms with van der Waals surface area (Å²) in [6.45, 7) is 1.77. The first-order valence-electron chi connectivity index (χ1n) is 11.0. The van der Waals surface area contributed by atoms with E-state index in [-0.39, 0.29) is 29.9 Å². The lowest BCUT2D eigenvalue weighted by molar-refractivity contribution is -0.137. The van der Waals surface area contributed by atoms with Crippen molar-refractivity contribution in [1.82, 2.24) is 9.97 Å². The standard InChI is InChI=1S/C22H26F4N4O3S/c1-34(31,32)13-15-6-8-29(9-7-15)20-19(23)21(28-14-27-20)30-10-11-33-12-18(30)16-2-4-17(5-3-16)22(24,25)26/h2-5,14-15,18H,6-13H2,1H3/t18-/m1/s1. The molecule has 0 N–H and O–H groups in total. The van der Waals surface area contributed by atoms with E-state index in [1.165, 1.54) is 24.7 Å². The van der Waals surface area contributed by atoms with Gasteiger partial charge in [-0.25, -0.2) is 18.4 Å². The summed E-state index contributed by atoms with van der Waals surface area (Å²) in [4.78, 5) is 11.8. The molecule has 1 atom stereocenters. The fourth-order valence-corrected chi connectivity index (χ4v) is 5.73. The van der Waals surface area contributed by atoms with Crippen molar-refractivity contribution in [3.05, 3.63) is 47.5 Å². The summed E-state index contributed by atoms with van der Waals surface area (Å²) in [5.41, 5.74) is -0.192. The van der Waals surface area contributed by atoms with Gasteiger partial charge in [-0.05, 0) is 36.5 Å². The quantitative estimate of drug-likeness (QED) is 0.580. The van der Waals surface area contributed by atoms with Crippen LogP contribution in [0.15, 0.2) is 30.6 Å². The van der Waals surface area contributed by atoms with Crippen molar-refractivity contribution in [2.45, 2.75) is 25.1 Å². The van der Waals surface area contributed by atoms with Crippen LogP contribution in [-0.2, 0) is 20.8 Å². The molecule has 1 aromatic carbocycles. The molecule has 2 aliphatic rings. The zero-order chi connectivity index (χ0) is 24.5. The fraction of sp³-hybridized carbons (Fsp3) is 0.545. The number of morpholine rings is 1. The number of sulfone groups is 1. The lowest BCUT2D eigenvalue weighted by Crippen LogP contribution is -2.41. The van der Waals surface area contributed by atoms with Crippen LogP contribution in [0.3, 0.4) is 0 Å². The molecular formula is C22H26F4N4O3S. The predicted molar refractivity (Wildman–Crippen MR) is 119 cm³/mol. The van der Waals surface area contributed by atoms with Gasteiger partial charge in [-0.2, -0.15) is 17.6 Å². The number of ether oxygens (including phenoxy) is 1. The number of halogens is 4. The number of nitrogens with zero attached hydrogens (tertiary/aromatic N) is 4. The van der Waals surface area contributed by atoms with Crippen LogP contribution in [0.1, 0.15) is 30.0 Å². The predicted octanol–water partition coefficient (Wildman–Crippen LogP) is 3.47. The largest absolute Gasteiger partial charge is 0.416 e. The Bertz CT molecular complexity index is 1100. The Balaban J connectivity index is 1.55. The van der Waals surface area contributed by atoms with E-state index in [9.17, 15) is 21.6 Å². The number of alkyl halides is 3. The molecule has 34 heavy (non-hydrogen) atoms. The zero-order valence-corrected chi connectivity index (χ0v) is 19.4. The highest BCUT2D eigenvalue weighted by atomic mass is 32.2. The molecular weight excluding hydrogens is 476 g/mol. The van der Waals surface area contributed by atoms with Gasteiger partial charge in [0.15, 0.2) is 11.6 Å². The van der Waals surface area contributed by atoms with E-state index < -0.39 is 33.4 Å². The molecule has 4 rings (SSSR count). The normalized spacial score (nSPS) is 20.6. The molecule has 1 aromatic heterocycles. The van der Waals surface area contributed by atoms with Gasteiger partial charge in [-0.1, -0.05) is 12.1 Å². The van der Waals surface area contributed by atoms with Crippen molar-refractivity contribution >= 4 is 21.5 Å². The van der Waals surface area contributed by atoms with Crippen molar-refractivity contribution in [3.8, 4) is 0 Å². The second kappa shape index (κ2) is 9.65. The number of rotatable bonds is 5. The molecule has 0 amide bonds. The molecule has 0 saturated carbocycles. The molecule has 2 aromatic rings. The zero-order valence-electron chi connectivity index (χ0n) is 18.6. The summed E-state index contributed by atoms with van der Waals surface area (Å²) in [5.74, 6) is -0.264. The van der Waals surface area contributed by atoms with E-state index >= 15 is 4.39 Å². The van der Waals surface area contributed by atoms with Crippen LogP contribution in [0.25, 0.3) is 0 Å². The number of benzene rings is 1. The SMILES string of the molecule is CS(=O)(=O)CC1CCN(c2ncnc(N3CCOC[C@@H]3c3ccc(C(F)(F)F)cc3)c2F)CC1. The molecule has 0 radical (unpaired) electrons. The Kier molecular flexibility index (Phi) is 6.99. The van der Waals surface area contributed by atoms with Gasteiger partial charge in [0.05, 0.1) is 30.6 Å². The summed E-state index contributed by atoms with van der Waals surface area (Å²) in [6.07, 6.45) is -0.736. The van der Waals surface area contributed by atoms with Gasteiger partial charge in [0.25, 0.3) is 0 Å². The fourth-order valence-electron chi connectivity index (χ4n) is 4.54. The summed E-state index contributed by atoms with van der Waals surface area (Å²) in [6, 6.07) is 4.26. The first-order chi connectivity index (χ1) is 16.0. The average Bonchev–Trinajstić information content (AvgIpc) is 2.78. The third-order valence-electron chi connectivity index (χ3n) is 6.23. The van der Waals surface area contributed by atoms with Crippen molar-refractivity contribution < 1.29 is 30.7 Å². The molecule has 0 aliphatic carbocycles. The van der Waals surface area contributed by atoms with Gasteiger partial charge in [0, 0.05) is 25.9 Å². The molecule has 186 valence electrons. The maximum absolute atomic E-state index is 15.6. The van der Waals surface area contributed by atoms with Gasteiger partial charge in [0.2, 0.25) is 5.82 Å². The number of anilines is 2. The van der Waals surface area contributed by atoms with Crippen LogP contribution < -0.4 is 9.80 Å². The lowest BCUT2D eigenvalue weighted by atomic mass is 9.99. The van der Waals surface area contributed by atoms with E-state index in [1.807, 2.05) is 0 Å². The minimum Gasteiger partial charge on any atom is -0.377 e. The lowest BCUT2D eigenvalue weighted by Gasteiger charge is -2.38. The summed E-state index contributed by atoms with van der Waals surface area (Å²) in [5, 5.41) is 0. The number of piperidine rings is 1. The molecule has 0 unspecified atom stereocenters. The molecule has 0 bridgehead atoms. The highest BCUT2D eigenvalue weighted by molar-refractivity contribution is 7.90. The molecule has 2 saturated heterocycles. The van der Waals surface area contributed by atoms with E-state index in [0.717, 1.165) is 12.1 Å². The van der Waals surface area contributed by atoms with Gasteiger partial charge in [-0.3, -0.25) is 0 Å². The first kappa shape index (κ1) is 24.6. The van der Waals surface area contributed by atoms with Gasteiger partial charge in [0.1, 0.15) is 16.2 Å². The van der Waals surface area contributed by atoms with Crippen molar-refractivity contribution in [2.75, 3.05) is 54.7 Å². The van der Waals surface area contributed by atoms with Crippen LogP contribution in [-0.4, -0.2) is 63.2 Å². The molecule has 2 aliphatic heterocycles. The maximum Gasteiger partial charge on any atom is 0.416 e. The smallest absolute Gasteiger partial charge is 0.377 e. The number of aromatic nitrogens is 2. The Labute approximate surface area is 195 Å². The molecule has 3 heterocycles. The molecule has 12 heteroatoms. The third-order valence-corrected chi connectivity index (χ3v) is 7.31. The molecule has 7 nitrogen and oxygen atoms in total. The van der Waals surface area contributed by atoms with Crippen LogP contribution in [0.5, 0.6) is 0 Å². The van der Waals surface area contributed by atoms with E-state index in [4.69, 9.17) is 4.74 Å². The summed E-state index contributed by atoms with van der Waals surface area (Å²) < 4.78 is 83.1. The number of hydrogen-bond acceptors (Lipinski definition) is 7. The second-order valence-corrected chi connectivity index (χ2v) is 10.9. The van der Waals surface area contributed by atoms with Gasteiger partial charge in [-0.15, -0.1) is 0 Å². The Morgan fingerprint density at radius 2 is 1.71 bits per heavy atom. The average molecular weight is 503 g/mol. The van der Waals surface area contributed by atoms with Crippen LogP contribution in [0, 0.1) is 11.7 Å². The van der Waals surface area contributed by atoms with Crippen LogP contribution in [0.4, 0.5) is 29.2 Å². The first-order valence-corrected chi connectivity index (χ1v) is 13.0. The topological polar surface area (TPSA) is 75.6 Å². The van der Waals surface area contributed by atoms with Crippen LogP contribution >= 0.6 is 0 Å². The summed E-state index contributed by atoms with van der Waals surface area (Å²) >= 11 is 0. The third kappa shape index (κ3) is 5.60. The monoisotopic (exact) mass is 502 g/mol. The van der Waals surface area contributed by atoms with Gasteiger partial charge >= 0.3 is 6.18 Å². The van der Waals surface area contributed by atoms with Gasteiger partial charge < -0.3 is 14.5 Å². The molecule has 2 fully saturated rings. The maximum atomic E-state index is 15.6. The van der Waals surface area contributed by atoms with E-state index in [2.05, 4.69) is 9.97 Å². The van der Waals surface area contributed by atoms with E-state index in [1.54, 1.807) is 9.80 Å². The highest BCUT2D eigenvalue weighted by Gasteiger charge is 2.33. The minimum absolute atomic E-state index is 0.0268.